The number of pyridine rings is 1. The van der Waals surface area contributed by atoms with Gasteiger partial charge in [-0.25, -0.2) is 0 Å². The van der Waals surface area contributed by atoms with Crippen LogP contribution in [0.25, 0.3) is 11.3 Å². The molecule has 1 N–H and O–H groups in total. The van der Waals surface area contributed by atoms with E-state index >= 15 is 0 Å². The first-order valence-corrected chi connectivity index (χ1v) is 8.88. The molecule has 29 heavy (non-hydrogen) atoms. The van der Waals surface area contributed by atoms with Crippen molar-refractivity contribution in [1.82, 2.24) is 9.88 Å². The Morgan fingerprint density at radius 3 is 2.41 bits per heavy atom. The minimum absolute atomic E-state index is 0.0383. The number of amides is 1. The molecule has 7 heteroatoms. The highest BCUT2D eigenvalue weighted by atomic mass is 19.4. The van der Waals surface area contributed by atoms with E-state index < -0.39 is 23.2 Å². The van der Waals surface area contributed by atoms with Crippen LogP contribution in [0, 0.1) is 6.92 Å². The molecule has 1 aromatic heterocycles. The van der Waals surface area contributed by atoms with Crippen molar-refractivity contribution >= 4 is 5.91 Å². The number of hydrogen-bond donors (Lipinski definition) is 1. The highest BCUT2D eigenvalue weighted by Gasteiger charge is 2.33. The molecule has 1 amide bonds. The molecule has 150 valence electrons. The maximum atomic E-state index is 13.2. The fourth-order valence-electron chi connectivity index (χ4n) is 3.09. The first-order chi connectivity index (χ1) is 13.7. The second-order valence-corrected chi connectivity index (χ2v) is 6.80. The first kappa shape index (κ1) is 20.4. The van der Waals surface area contributed by atoms with Gasteiger partial charge in [0, 0.05) is 19.3 Å². The molecule has 0 saturated heterocycles. The van der Waals surface area contributed by atoms with Gasteiger partial charge in [-0.2, -0.15) is 13.2 Å². The van der Waals surface area contributed by atoms with E-state index in [4.69, 9.17) is 0 Å². The number of aromatic nitrogens is 1. The molecule has 0 bridgehead atoms. The Balaban J connectivity index is 1.85. The smallest absolute Gasteiger partial charge is 0.337 e. The summed E-state index contributed by atoms with van der Waals surface area (Å²) in [5.41, 5.74) is 0.811. The minimum Gasteiger partial charge on any atom is -0.337 e. The standard InChI is InChI=1S/C22H19F3N2O2/c1-14-6-5-8-15(12-14)19-11-10-17(20(28)26-19)21(29)27(2)13-16-7-3-4-9-18(16)22(23,24)25/h3-12H,13H2,1-2H3,(H,26,28). The number of nitrogens with zero attached hydrogens (tertiary/aromatic N) is 1. The number of nitrogens with one attached hydrogen (secondary N) is 1. The number of benzene rings is 2. The SMILES string of the molecule is Cc1cccc(-c2ccc(C(=O)N(C)Cc3ccccc3C(F)(F)F)c(=O)[nH]2)c1. The normalized spacial score (nSPS) is 11.3. The lowest BCUT2D eigenvalue weighted by molar-refractivity contribution is -0.138. The van der Waals surface area contributed by atoms with E-state index in [1.807, 2.05) is 31.2 Å². The van der Waals surface area contributed by atoms with Gasteiger partial charge in [0.2, 0.25) is 0 Å². The van der Waals surface area contributed by atoms with Crippen molar-refractivity contribution in [2.75, 3.05) is 7.05 Å². The van der Waals surface area contributed by atoms with Gasteiger partial charge in [0.15, 0.2) is 0 Å². The average Bonchev–Trinajstić information content (AvgIpc) is 2.67. The van der Waals surface area contributed by atoms with Crippen molar-refractivity contribution in [3.8, 4) is 11.3 Å². The maximum absolute atomic E-state index is 13.2. The molecule has 3 rings (SSSR count). The van der Waals surface area contributed by atoms with Crippen LogP contribution >= 0.6 is 0 Å². The molecule has 0 spiro atoms. The van der Waals surface area contributed by atoms with Crippen molar-refractivity contribution in [1.29, 1.82) is 0 Å². The summed E-state index contributed by atoms with van der Waals surface area (Å²) in [7, 11) is 1.36. The Labute approximate surface area is 165 Å². The predicted molar refractivity (Wildman–Crippen MR) is 104 cm³/mol. The molecule has 3 aromatic rings. The molecule has 0 unspecified atom stereocenters. The van der Waals surface area contributed by atoms with Crippen molar-refractivity contribution in [2.24, 2.45) is 0 Å². The van der Waals surface area contributed by atoms with E-state index in [0.717, 1.165) is 22.1 Å². The Morgan fingerprint density at radius 1 is 1.03 bits per heavy atom. The van der Waals surface area contributed by atoms with E-state index in [-0.39, 0.29) is 17.7 Å². The third-order valence-corrected chi connectivity index (χ3v) is 4.55. The summed E-state index contributed by atoms with van der Waals surface area (Å²) in [6.45, 7) is 1.65. The van der Waals surface area contributed by atoms with Crippen LogP contribution in [0.4, 0.5) is 13.2 Å². The molecule has 0 atom stereocenters. The average molecular weight is 400 g/mol. The van der Waals surface area contributed by atoms with Gasteiger partial charge in [-0.1, -0.05) is 42.0 Å². The number of rotatable bonds is 4. The molecule has 2 aromatic carbocycles. The van der Waals surface area contributed by atoms with E-state index in [2.05, 4.69) is 4.98 Å². The number of hydrogen-bond acceptors (Lipinski definition) is 2. The van der Waals surface area contributed by atoms with Gasteiger partial charge < -0.3 is 9.88 Å². The quantitative estimate of drug-likeness (QED) is 0.694. The second kappa shape index (κ2) is 7.95. The number of alkyl halides is 3. The summed E-state index contributed by atoms with van der Waals surface area (Å²) in [5.74, 6) is -0.654. The molecular weight excluding hydrogens is 381 g/mol. The van der Waals surface area contributed by atoms with E-state index in [9.17, 15) is 22.8 Å². The molecule has 0 saturated carbocycles. The molecule has 1 heterocycles. The van der Waals surface area contributed by atoms with Crippen LogP contribution in [0.5, 0.6) is 0 Å². The van der Waals surface area contributed by atoms with Gasteiger partial charge in [0.25, 0.3) is 11.5 Å². The largest absolute Gasteiger partial charge is 0.416 e. The van der Waals surface area contributed by atoms with Crippen LogP contribution in [-0.4, -0.2) is 22.8 Å². The molecule has 0 aliphatic heterocycles. The van der Waals surface area contributed by atoms with Crippen molar-refractivity contribution in [3.63, 3.8) is 0 Å². The number of aromatic amines is 1. The zero-order chi connectivity index (χ0) is 21.2. The third kappa shape index (κ3) is 4.56. The van der Waals surface area contributed by atoms with Crippen LogP contribution in [0.3, 0.4) is 0 Å². The summed E-state index contributed by atoms with van der Waals surface area (Å²) in [6, 6.07) is 15.6. The Kier molecular flexibility index (Phi) is 5.59. The van der Waals surface area contributed by atoms with Gasteiger partial charge >= 0.3 is 6.18 Å². The summed E-state index contributed by atoms with van der Waals surface area (Å²) < 4.78 is 39.5. The first-order valence-electron chi connectivity index (χ1n) is 8.88. The number of aryl methyl sites for hydroxylation is 1. The summed E-state index contributed by atoms with van der Waals surface area (Å²) >= 11 is 0. The number of H-pyrrole nitrogens is 1. The lowest BCUT2D eigenvalue weighted by Gasteiger charge is -2.20. The summed E-state index contributed by atoms with van der Waals surface area (Å²) in [4.78, 5) is 28.9. The lowest BCUT2D eigenvalue weighted by atomic mass is 10.1. The van der Waals surface area contributed by atoms with Crippen LogP contribution in [0.2, 0.25) is 0 Å². The molecule has 0 aliphatic rings. The topological polar surface area (TPSA) is 53.2 Å². The maximum Gasteiger partial charge on any atom is 0.416 e. The molecule has 0 aliphatic carbocycles. The van der Waals surface area contributed by atoms with Gasteiger partial charge in [0.05, 0.1) is 5.56 Å². The fourth-order valence-corrected chi connectivity index (χ4v) is 3.09. The van der Waals surface area contributed by atoms with Gasteiger partial charge in [0.1, 0.15) is 5.56 Å². The highest BCUT2D eigenvalue weighted by Crippen LogP contribution is 2.32. The van der Waals surface area contributed by atoms with Gasteiger partial charge in [-0.05, 0) is 42.3 Å². The van der Waals surface area contributed by atoms with Gasteiger partial charge in [-0.3, -0.25) is 9.59 Å². The third-order valence-electron chi connectivity index (χ3n) is 4.55. The monoisotopic (exact) mass is 400 g/mol. The summed E-state index contributed by atoms with van der Waals surface area (Å²) in [5, 5.41) is 0. The Hall–Kier alpha value is -3.35. The van der Waals surface area contributed by atoms with Crippen LogP contribution < -0.4 is 5.56 Å². The van der Waals surface area contributed by atoms with Crippen molar-refractivity contribution < 1.29 is 18.0 Å². The van der Waals surface area contributed by atoms with Gasteiger partial charge in [-0.15, -0.1) is 0 Å². The Bertz CT molecular complexity index is 1100. The number of carbonyl (C=O) groups is 1. The summed E-state index contributed by atoms with van der Waals surface area (Å²) in [6.07, 6.45) is -4.52. The zero-order valence-corrected chi connectivity index (χ0v) is 15.9. The molecule has 4 nitrogen and oxygen atoms in total. The number of carbonyl (C=O) groups excluding carboxylic acids is 1. The second-order valence-electron chi connectivity index (χ2n) is 6.80. The Morgan fingerprint density at radius 2 is 1.76 bits per heavy atom. The van der Waals surface area contributed by atoms with Crippen molar-refractivity contribution in [3.05, 3.63) is 93.3 Å². The predicted octanol–water partition coefficient (Wildman–Crippen LogP) is 4.64. The minimum atomic E-state index is -4.52. The highest BCUT2D eigenvalue weighted by molar-refractivity contribution is 5.94. The zero-order valence-electron chi connectivity index (χ0n) is 15.9. The molecule has 0 radical (unpaired) electrons. The number of halogens is 3. The lowest BCUT2D eigenvalue weighted by Crippen LogP contribution is -2.32. The van der Waals surface area contributed by atoms with E-state index in [1.165, 1.54) is 31.3 Å². The van der Waals surface area contributed by atoms with E-state index in [0.29, 0.717) is 5.69 Å². The molecule has 0 fully saturated rings. The van der Waals surface area contributed by atoms with Crippen LogP contribution in [-0.2, 0) is 12.7 Å². The fraction of sp³-hybridized carbons (Fsp3) is 0.182. The van der Waals surface area contributed by atoms with E-state index in [1.54, 1.807) is 6.07 Å². The van der Waals surface area contributed by atoms with Crippen LogP contribution in [0.1, 0.15) is 27.0 Å². The van der Waals surface area contributed by atoms with Crippen molar-refractivity contribution in [2.45, 2.75) is 19.6 Å². The molecular formula is C22H19F3N2O2. The van der Waals surface area contributed by atoms with Crippen LogP contribution in [0.15, 0.2) is 65.5 Å².